The number of nitriles is 1. The van der Waals surface area contributed by atoms with Crippen LogP contribution < -0.4 is 0 Å². The number of hydrogen-bond acceptors (Lipinski definition) is 2. The summed E-state index contributed by atoms with van der Waals surface area (Å²) in [5, 5.41) is 17.8. The fraction of sp³-hybridized carbons (Fsp3) is 0. The van der Waals surface area contributed by atoms with Crippen molar-refractivity contribution in [3.8, 4) is 17.4 Å². The first-order valence-corrected chi connectivity index (χ1v) is 14.5. The van der Waals surface area contributed by atoms with Crippen LogP contribution in [0.25, 0.3) is 75.2 Å². The van der Waals surface area contributed by atoms with Gasteiger partial charge in [-0.3, -0.25) is 0 Å². The standard InChI is InChI=1S/C37H21N3S/c38-22-28-33(39-29-16-6-1-11-23(29)24-12-2-7-17-30(24)39)21-34(37-36(28)27-15-5-10-20-35(27)41-37)40-31-18-8-3-13-25(31)26-14-4-9-19-32(26)40/h1-21H. The first-order valence-electron chi connectivity index (χ1n) is 13.7. The third kappa shape index (κ3) is 2.96. The van der Waals surface area contributed by atoms with Crippen LogP contribution in [0.1, 0.15) is 5.56 Å². The molecule has 3 aromatic heterocycles. The van der Waals surface area contributed by atoms with Crippen molar-refractivity contribution in [2.24, 2.45) is 0 Å². The molecule has 9 rings (SSSR count). The predicted molar refractivity (Wildman–Crippen MR) is 173 cm³/mol. The van der Waals surface area contributed by atoms with E-state index in [1.54, 1.807) is 11.3 Å². The molecule has 0 aliphatic carbocycles. The Bertz CT molecular complexity index is 2450. The van der Waals surface area contributed by atoms with Gasteiger partial charge in [0.2, 0.25) is 0 Å². The van der Waals surface area contributed by atoms with E-state index in [2.05, 4.69) is 143 Å². The zero-order valence-electron chi connectivity index (χ0n) is 21.9. The van der Waals surface area contributed by atoms with Crippen molar-refractivity contribution in [3.05, 3.63) is 133 Å². The molecule has 0 spiro atoms. The second-order valence-electron chi connectivity index (χ2n) is 10.4. The smallest absolute Gasteiger partial charge is 0.102 e. The monoisotopic (exact) mass is 539 g/mol. The molecule has 190 valence electrons. The highest BCUT2D eigenvalue weighted by atomic mass is 32.1. The molecule has 0 aliphatic rings. The van der Waals surface area contributed by atoms with Crippen molar-refractivity contribution in [2.45, 2.75) is 0 Å². The summed E-state index contributed by atoms with van der Waals surface area (Å²) in [6.07, 6.45) is 0. The van der Waals surface area contributed by atoms with Gasteiger partial charge in [-0.1, -0.05) is 91.0 Å². The van der Waals surface area contributed by atoms with Crippen LogP contribution in [0.5, 0.6) is 0 Å². The van der Waals surface area contributed by atoms with Crippen molar-refractivity contribution in [2.75, 3.05) is 0 Å². The Kier molecular flexibility index (Phi) is 4.55. The van der Waals surface area contributed by atoms with Crippen molar-refractivity contribution in [3.63, 3.8) is 0 Å². The van der Waals surface area contributed by atoms with E-state index in [1.807, 2.05) is 0 Å². The molecule has 41 heavy (non-hydrogen) atoms. The quantitative estimate of drug-likeness (QED) is 0.215. The van der Waals surface area contributed by atoms with Crippen molar-refractivity contribution >= 4 is 75.1 Å². The number of benzene rings is 6. The summed E-state index contributed by atoms with van der Waals surface area (Å²) in [7, 11) is 0. The molecule has 0 amide bonds. The number of para-hydroxylation sites is 4. The van der Waals surface area contributed by atoms with Crippen LogP contribution in [0.3, 0.4) is 0 Å². The van der Waals surface area contributed by atoms with Crippen LogP contribution in [0.15, 0.2) is 127 Å². The average Bonchev–Trinajstić information content (AvgIpc) is 3.69. The number of aromatic nitrogens is 2. The van der Waals surface area contributed by atoms with E-state index in [4.69, 9.17) is 0 Å². The van der Waals surface area contributed by atoms with Gasteiger partial charge in [-0.05, 0) is 36.4 Å². The first kappa shape index (κ1) is 22.4. The van der Waals surface area contributed by atoms with Crippen LogP contribution in [0, 0.1) is 11.3 Å². The number of thiophene rings is 1. The van der Waals surface area contributed by atoms with Crippen molar-refractivity contribution in [1.29, 1.82) is 5.26 Å². The lowest BCUT2D eigenvalue weighted by molar-refractivity contribution is 1.14. The van der Waals surface area contributed by atoms with Gasteiger partial charge < -0.3 is 9.13 Å². The van der Waals surface area contributed by atoms with E-state index >= 15 is 0 Å². The predicted octanol–water partition coefficient (Wildman–Crippen LogP) is 10.1. The van der Waals surface area contributed by atoms with Crippen LogP contribution in [-0.2, 0) is 0 Å². The largest absolute Gasteiger partial charge is 0.308 e. The van der Waals surface area contributed by atoms with Crippen LogP contribution >= 0.6 is 11.3 Å². The third-order valence-electron chi connectivity index (χ3n) is 8.36. The molecule has 0 bridgehead atoms. The summed E-state index contributed by atoms with van der Waals surface area (Å²) >= 11 is 1.77. The second-order valence-corrected chi connectivity index (χ2v) is 11.5. The highest BCUT2D eigenvalue weighted by molar-refractivity contribution is 7.26. The molecule has 0 fully saturated rings. The Balaban J connectivity index is 1.55. The minimum Gasteiger partial charge on any atom is -0.308 e. The highest BCUT2D eigenvalue weighted by Crippen LogP contribution is 2.45. The molecule has 0 aliphatic heterocycles. The van der Waals surface area contributed by atoms with Gasteiger partial charge in [-0.2, -0.15) is 5.26 Å². The van der Waals surface area contributed by atoms with Gasteiger partial charge in [0.15, 0.2) is 0 Å². The Labute approximate surface area is 239 Å². The summed E-state index contributed by atoms with van der Waals surface area (Å²) in [4.78, 5) is 0. The molecular weight excluding hydrogens is 518 g/mol. The molecule has 0 saturated heterocycles. The molecule has 4 heteroatoms. The van der Waals surface area contributed by atoms with Gasteiger partial charge in [-0.25, -0.2) is 0 Å². The van der Waals surface area contributed by atoms with E-state index in [0.29, 0.717) is 5.56 Å². The first-order chi connectivity index (χ1) is 20.3. The van der Waals surface area contributed by atoms with E-state index in [1.165, 1.54) is 26.2 Å². The number of fused-ring (bicyclic) bond motifs is 9. The summed E-state index contributed by atoms with van der Waals surface area (Å²) in [6, 6.07) is 47.6. The van der Waals surface area contributed by atoms with Crippen molar-refractivity contribution in [1.82, 2.24) is 9.13 Å². The maximum atomic E-state index is 10.8. The Morgan fingerprint density at radius 3 is 1.39 bits per heavy atom. The Morgan fingerprint density at radius 2 is 0.902 bits per heavy atom. The van der Waals surface area contributed by atoms with E-state index in [9.17, 15) is 5.26 Å². The lowest BCUT2D eigenvalue weighted by atomic mass is 10.0. The van der Waals surface area contributed by atoms with Gasteiger partial charge in [0.05, 0.1) is 43.7 Å². The molecule has 0 N–H and O–H groups in total. The van der Waals surface area contributed by atoms with Gasteiger partial charge >= 0.3 is 0 Å². The topological polar surface area (TPSA) is 33.6 Å². The maximum absolute atomic E-state index is 10.8. The van der Waals surface area contributed by atoms with E-state index in [0.717, 1.165) is 48.9 Å². The SMILES string of the molecule is N#Cc1c(-n2c3ccccc3c3ccccc32)cc(-n2c3ccccc3c3ccccc32)c2sc3ccccc3c12. The fourth-order valence-corrected chi connectivity index (χ4v) is 7.90. The van der Waals surface area contributed by atoms with Crippen molar-refractivity contribution < 1.29 is 0 Å². The van der Waals surface area contributed by atoms with Crippen LogP contribution in [-0.4, -0.2) is 9.13 Å². The van der Waals surface area contributed by atoms with E-state index in [-0.39, 0.29) is 0 Å². The third-order valence-corrected chi connectivity index (χ3v) is 9.55. The molecule has 6 aromatic carbocycles. The number of hydrogen-bond donors (Lipinski definition) is 0. The normalized spacial score (nSPS) is 11.9. The Hall–Kier alpha value is -5.37. The van der Waals surface area contributed by atoms with Crippen LogP contribution in [0.4, 0.5) is 0 Å². The molecule has 0 radical (unpaired) electrons. The second kappa shape index (κ2) is 8.32. The summed E-state index contributed by atoms with van der Waals surface area (Å²) in [5.74, 6) is 0. The number of rotatable bonds is 2. The van der Waals surface area contributed by atoms with Gasteiger partial charge in [0.25, 0.3) is 0 Å². The molecule has 3 heterocycles. The van der Waals surface area contributed by atoms with Gasteiger partial charge in [0, 0.05) is 37.0 Å². The summed E-state index contributed by atoms with van der Waals surface area (Å²) in [5.41, 5.74) is 7.20. The molecular formula is C37H21N3S. The molecule has 3 nitrogen and oxygen atoms in total. The lowest BCUT2D eigenvalue weighted by Gasteiger charge is -2.16. The highest BCUT2D eigenvalue weighted by Gasteiger charge is 2.24. The van der Waals surface area contributed by atoms with Crippen LogP contribution in [0.2, 0.25) is 0 Å². The fourth-order valence-electron chi connectivity index (χ4n) is 6.69. The van der Waals surface area contributed by atoms with Gasteiger partial charge in [-0.15, -0.1) is 11.3 Å². The molecule has 0 unspecified atom stereocenters. The summed E-state index contributed by atoms with van der Waals surface area (Å²) < 4.78 is 6.98. The van der Waals surface area contributed by atoms with Gasteiger partial charge in [0.1, 0.15) is 6.07 Å². The molecule has 9 aromatic rings. The maximum Gasteiger partial charge on any atom is 0.102 e. The lowest BCUT2D eigenvalue weighted by Crippen LogP contribution is -2.02. The molecule has 0 saturated carbocycles. The number of nitrogens with zero attached hydrogens (tertiary/aromatic N) is 3. The zero-order valence-corrected chi connectivity index (χ0v) is 22.7. The minimum atomic E-state index is 0.702. The summed E-state index contributed by atoms with van der Waals surface area (Å²) in [6.45, 7) is 0. The van der Waals surface area contributed by atoms with E-state index < -0.39 is 0 Å². The zero-order chi connectivity index (χ0) is 27.1. The average molecular weight is 540 g/mol. The Morgan fingerprint density at radius 1 is 0.488 bits per heavy atom. The minimum absolute atomic E-state index is 0.702. The molecule has 0 atom stereocenters.